The van der Waals surface area contributed by atoms with Gasteiger partial charge in [-0.1, -0.05) is 71.1 Å². The molecule has 0 aliphatic rings. The third kappa shape index (κ3) is 16.9. The van der Waals surface area contributed by atoms with Crippen molar-refractivity contribution in [3.05, 3.63) is 0 Å². The van der Waals surface area contributed by atoms with Crippen molar-refractivity contribution >= 4 is 11.9 Å². The molecular formula is C17H34KNO3. The van der Waals surface area contributed by atoms with E-state index in [0.717, 1.165) is 12.8 Å². The number of aliphatic carboxylic acids is 1. The second kappa shape index (κ2) is 17.9. The van der Waals surface area contributed by atoms with E-state index in [-0.39, 0.29) is 58.7 Å². The average molecular weight is 340 g/mol. The SMILES string of the molecule is CCCCCCCCCCCCCC(=O)NC(C)C(=O)O.[H-].[K+]. The van der Waals surface area contributed by atoms with E-state index < -0.39 is 12.0 Å². The summed E-state index contributed by atoms with van der Waals surface area (Å²) in [5.41, 5.74) is 0. The minimum Gasteiger partial charge on any atom is -1.00 e. The summed E-state index contributed by atoms with van der Waals surface area (Å²) >= 11 is 0. The average Bonchev–Trinajstić information content (AvgIpc) is 2.44. The number of carboxylic acids is 1. The number of carboxylic acid groups (broad SMARTS) is 1. The van der Waals surface area contributed by atoms with Crippen LogP contribution in [0.25, 0.3) is 0 Å². The summed E-state index contributed by atoms with van der Waals surface area (Å²) in [4.78, 5) is 22.0. The summed E-state index contributed by atoms with van der Waals surface area (Å²) in [6.45, 7) is 3.73. The fraction of sp³-hybridized carbons (Fsp3) is 0.882. The Kier molecular flexibility index (Phi) is 20.2. The largest absolute Gasteiger partial charge is 1.00 e. The summed E-state index contributed by atoms with van der Waals surface area (Å²) < 4.78 is 0. The minimum atomic E-state index is -0.984. The monoisotopic (exact) mass is 339 g/mol. The van der Waals surface area contributed by atoms with Crippen LogP contribution in [-0.4, -0.2) is 23.0 Å². The normalized spacial score (nSPS) is 11.5. The Morgan fingerprint density at radius 1 is 0.909 bits per heavy atom. The predicted octanol–water partition coefficient (Wildman–Crippen LogP) is 1.39. The summed E-state index contributed by atoms with van der Waals surface area (Å²) in [5.74, 6) is -1.14. The Hall–Kier alpha value is 0.576. The van der Waals surface area contributed by atoms with Gasteiger partial charge in [0.25, 0.3) is 0 Å². The van der Waals surface area contributed by atoms with Crippen LogP contribution in [0.1, 0.15) is 92.3 Å². The fourth-order valence-corrected chi connectivity index (χ4v) is 2.33. The zero-order chi connectivity index (χ0) is 15.9. The van der Waals surface area contributed by atoms with E-state index in [1.807, 2.05) is 0 Å². The van der Waals surface area contributed by atoms with Gasteiger partial charge in [0.1, 0.15) is 6.04 Å². The number of nitrogens with one attached hydrogen (secondary N) is 1. The summed E-state index contributed by atoms with van der Waals surface area (Å²) in [6.07, 6.45) is 14.2. The Morgan fingerprint density at radius 3 is 1.73 bits per heavy atom. The number of hydrogen-bond donors (Lipinski definition) is 2. The molecule has 1 amide bonds. The maximum atomic E-state index is 11.4. The van der Waals surface area contributed by atoms with Crippen LogP contribution < -0.4 is 56.7 Å². The summed E-state index contributed by atoms with van der Waals surface area (Å²) in [7, 11) is 0. The van der Waals surface area contributed by atoms with Crippen molar-refractivity contribution in [2.24, 2.45) is 0 Å². The third-order valence-electron chi connectivity index (χ3n) is 3.76. The van der Waals surface area contributed by atoms with Gasteiger partial charge in [-0.2, -0.15) is 0 Å². The van der Waals surface area contributed by atoms with Crippen LogP contribution in [0.3, 0.4) is 0 Å². The van der Waals surface area contributed by atoms with Gasteiger partial charge in [-0.05, 0) is 13.3 Å². The van der Waals surface area contributed by atoms with Gasteiger partial charge >= 0.3 is 57.4 Å². The van der Waals surface area contributed by atoms with Crippen molar-refractivity contribution in [2.45, 2.75) is 96.9 Å². The zero-order valence-corrected chi connectivity index (χ0v) is 17.9. The van der Waals surface area contributed by atoms with E-state index in [0.29, 0.717) is 6.42 Å². The minimum absolute atomic E-state index is 0. The van der Waals surface area contributed by atoms with Crippen molar-refractivity contribution in [3.8, 4) is 0 Å². The van der Waals surface area contributed by atoms with Gasteiger partial charge in [0.2, 0.25) is 5.91 Å². The van der Waals surface area contributed by atoms with Gasteiger partial charge < -0.3 is 11.8 Å². The molecule has 0 spiro atoms. The first-order valence-electron chi connectivity index (χ1n) is 8.60. The molecular weight excluding hydrogens is 305 g/mol. The molecule has 4 nitrogen and oxygen atoms in total. The first kappa shape index (κ1) is 24.8. The molecule has 0 heterocycles. The van der Waals surface area contributed by atoms with Gasteiger partial charge in [-0.25, -0.2) is 0 Å². The molecule has 0 fully saturated rings. The Balaban J connectivity index is -0.00000200. The summed E-state index contributed by atoms with van der Waals surface area (Å²) in [5, 5.41) is 11.2. The van der Waals surface area contributed by atoms with E-state index in [4.69, 9.17) is 5.11 Å². The molecule has 1 unspecified atom stereocenters. The van der Waals surface area contributed by atoms with E-state index in [1.54, 1.807) is 0 Å². The number of amides is 1. The predicted molar refractivity (Wildman–Crippen MR) is 87.4 cm³/mol. The molecule has 0 saturated heterocycles. The Morgan fingerprint density at radius 2 is 1.32 bits per heavy atom. The van der Waals surface area contributed by atoms with Crippen molar-refractivity contribution < 1.29 is 67.5 Å². The van der Waals surface area contributed by atoms with Crippen molar-refractivity contribution in [3.63, 3.8) is 0 Å². The van der Waals surface area contributed by atoms with Crippen LogP contribution in [0.15, 0.2) is 0 Å². The van der Waals surface area contributed by atoms with Gasteiger partial charge in [0, 0.05) is 6.42 Å². The number of carbonyl (C=O) groups is 2. The quantitative estimate of drug-likeness (QED) is 0.371. The van der Waals surface area contributed by atoms with E-state index in [9.17, 15) is 9.59 Å². The molecule has 5 heteroatoms. The molecule has 0 saturated carbocycles. The van der Waals surface area contributed by atoms with Crippen molar-refractivity contribution in [1.82, 2.24) is 5.32 Å². The van der Waals surface area contributed by atoms with Crippen LogP contribution in [0, 0.1) is 0 Å². The molecule has 2 N–H and O–H groups in total. The van der Waals surface area contributed by atoms with Gasteiger partial charge in [-0.3, -0.25) is 9.59 Å². The zero-order valence-electron chi connectivity index (χ0n) is 15.8. The summed E-state index contributed by atoms with van der Waals surface area (Å²) in [6, 6.07) is -0.787. The number of carbonyl (C=O) groups excluding carboxylic acids is 1. The van der Waals surface area contributed by atoms with Gasteiger partial charge in [0.05, 0.1) is 0 Å². The van der Waals surface area contributed by atoms with Gasteiger partial charge in [0.15, 0.2) is 0 Å². The van der Waals surface area contributed by atoms with Crippen LogP contribution in [0.5, 0.6) is 0 Å². The van der Waals surface area contributed by atoms with E-state index in [1.165, 1.54) is 64.7 Å². The van der Waals surface area contributed by atoms with Crippen LogP contribution >= 0.6 is 0 Å². The number of unbranched alkanes of at least 4 members (excludes halogenated alkanes) is 10. The van der Waals surface area contributed by atoms with E-state index >= 15 is 0 Å². The molecule has 0 rings (SSSR count). The maximum absolute atomic E-state index is 11.4. The van der Waals surface area contributed by atoms with Crippen LogP contribution in [-0.2, 0) is 9.59 Å². The molecule has 0 aliphatic carbocycles. The number of hydrogen-bond acceptors (Lipinski definition) is 2. The first-order chi connectivity index (χ1) is 10.1. The Bertz CT molecular complexity index is 291. The molecule has 1 atom stereocenters. The molecule has 0 aromatic rings. The second-order valence-corrected chi connectivity index (χ2v) is 5.91. The van der Waals surface area contributed by atoms with Crippen LogP contribution in [0.2, 0.25) is 0 Å². The van der Waals surface area contributed by atoms with Crippen molar-refractivity contribution in [1.29, 1.82) is 0 Å². The van der Waals surface area contributed by atoms with E-state index in [2.05, 4.69) is 12.2 Å². The molecule has 126 valence electrons. The molecule has 22 heavy (non-hydrogen) atoms. The molecule has 0 aliphatic heterocycles. The number of rotatable bonds is 14. The first-order valence-corrected chi connectivity index (χ1v) is 8.60. The Labute approximate surface area is 180 Å². The molecule has 0 aromatic carbocycles. The maximum Gasteiger partial charge on any atom is 1.00 e. The van der Waals surface area contributed by atoms with Gasteiger partial charge in [-0.15, -0.1) is 0 Å². The second-order valence-electron chi connectivity index (χ2n) is 5.91. The molecule has 0 radical (unpaired) electrons. The van der Waals surface area contributed by atoms with Crippen molar-refractivity contribution in [2.75, 3.05) is 0 Å². The smallest absolute Gasteiger partial charge is 1.00 e. The molecule has 0 bridgehead atoms. The third-order valence-corrected chi connectivity index (χ3v) is 3.76. The topological polar surface area (TPSA) is 66.4 Å². The fourth-order valence-electron chi connectivity index (χ4n) is 2.33. The molecule has 0 aromatic heterocycles. The van der Waals surface area contributed by atoms with Crippen LogP contribution in [0.4, 0.5) is 0 Å². The standard InChI is InChI=1S/C17H33NO3.K.H/c1-3-4-5-6-7-8-9-10-11-12-13-14-16(19)18-15(2)17(20)21;;/h15H,3-14H2,1-2H3,(H,18,19)(H,20,21);;/q;+1;-1.